The first-order chi connectivity index (χ1) is 17.5. The second-order valence-corrected chi connectivity index (χ2v) is 9.55. The molecule has 39 heavy (non-hydrogen) atoms. The van der Waals surface area contributed by atoms with Gasteiger partial charge in [0, 0.05) is 26.4 Å². The molecule has 2 heterocycles. The van der Waals surface area contributed by atoms with E-state index in [1.807, 2.05) is 0 Å². The summed E-state index contributed by atoms with van der Waals surface area (Å²) in [6.45, 7) is 18.8. The Balaban J connectivity index is -0.000000466. The summed E-state index contributed by atoms with van der Waals surface area (Å²) in [6, 6.07) is 12.6. The summed E-state index contributed by atoms with van der Waals surface area (Å²) >= 11 is 0. The van der Waals surface area contributed by atoms with E-state index >= 15 is 0 Å². The molecule has 0 aliphatic carbocycles. The second kappa shape index (κ2) is 28.9. The monoisotopic (exact) mass is 746 g/mol. The Morgan fingerprint density at radius 3 is 1.18 bits per heavy atom. The molecule has 0 aromatic heterocycles. The first-order valence-corrected chi connectivity index (χ1v) is 14.1. The molecule has 220 valence electrons. The van der Waals surface area contributed by atoms with E-state index in [1.54, 1.807) is 0 Å². The fraction of sp³-hybridized carbons (Fsp3) is 0.625. The molecular formula is C32H52Cl2HfN2O2. The van der Waals surface area contributed by atoms with Gasteiger partial charge in [-0.1, -0.05) is 87.1 Å². The van der Waals surface area contributed by atoms with Crippen molar-refractivity contribution in [2.45, 2.75) is 92.9 Å². The Hall–Kier alpha value is -0.590. The zero-order valence-electron chi connectivity index (χ0n) is 25.3. The Bertz CT molecular complexity index is 734. The molecular weight excluding hydrogens is 694 g/mol. The zero-order chi connectivity index (χ0) is 26.4. The number of rotatable bonds is 8. The minimum atomic E-state index is 0. The van der Waals surface area contributed by atoms with E-state index in [9.17, 15) is 0 Å². The van der Waals surface area contributed by atoms with Crippen LogP contribution in [0.4, 0.5) is 11.4 Å². The third kappa shape index (κ3) is 20.9. The van der Waals surface area contributed by atoms with Gasteiger partial charge >= 0.3 is 25.8 Å². The summed E-state index contributed by atoms with van der Waals surface area (Å²) in [5.74, 6) is 0. The van der Waals surface area contributed by atoms with Crippen LogP contribution in [-0.2, 0) is 35.3 Å². The Morgan fingerprint density at radius 1 is 0.590 bits per heavy atom. The molecule has 7 heteroatoms. The summed E-state index contributed by atoms with van der Waals surface area (Å²) < 4.78 is 9.89. The van der Waals surface area contributed by atoms with Crippen LogP contribution in [0.5, 0.6) is 0 Å². The maximum Gasteiger partial charge on any atom is 4.00 e. The maximum absolute atomic E-state index is 4.94. The van der Waals surface area contributed by atoms with Gasteiger partial charge in [-0.25, -0.2) is 0 Å². The van der Waals surface area contributed by atoms with Crippen molar-refractivity contribution in [3.8, 4) is 0 Å². The van der Waals surface area contributed by atoms with Gasteiger partial charge in [-0.15, -0.1) is 24.5 Å². The van der Waals surface area contributed by atoms with Crippen LogP contribution < -0.4 is 24.8 Å². The molecule has 0 unspecified atom stereocenters. The molecule has 0 N–H and O–H groups in total. The average Bonchev–Trinajstić information content (AvgIpc) is 3.65. The van der Waals surface area contributed by atoms with Crippen LogP contribution in [0, 0.1) is 27.7 Å². The Labute approximate surface area is 271 Å². The minimum absolute atomic E-state index is 0. The average molecular weight is 746 g/mol. The summed E-state index contributed by atoms with van der Waals surface area (Å²) in [6.07, 6.45) is 9.92. The van der Waals surface area contributed by atoms with Gasteiger partial charge in [0.2, 0.25) is 0 Å². The summed E-state index contributed by atoms with van der Waals surface area (Å²) in [5.41, 5.74) is 7.62. The van der Waals surface area contributed by atoms with E-state index in [4.69, 9.17) is 9.47 Å². The zero-order valence-corrected chi connectivity index (χ0v) is 30.4. The van der Waals surface area contributed by atoms with Gasteiger partial charge < -0.3 is 44.9 Å². The van der Waals surface area contributed by atoms with Gasteiger partial charge in [0.05, 0.1) is 0 Å². The summed E-state index contributed by atoms with van der Waals surface area (Å²) in [7, 11) is 0. The quantitative estimate of drug-likeness (QED) is 0.305. The van der Waals surface area contributed by atoms with Crippen LogP contribution >= 0.6 is 0 Å². The number of hydrogen-bond acceptors (Lipinski definition) is 2. The summed E-state index contributed by atoms with van der Waals surface area (Å²) in [5, 5.41) is 9.11. The van der Waals surface area contributed by atoms with Gasteiger partial charge in [-0.05, 0) is 64.5 Å². The van der Waals surface area contributed by atoms with Crippen LogP contribution in [0.1, 0.15) is 87.5 Å². The standard InChI is InChI=1S/2C12H18N.2C4H8O.2ClH.Hf/c2*1-4-5-9-13-12-8-6-7-10(2)11(12)3;2*1-2-4-5-3-1;;;/h2*6-8H,4-5,9H2,1-3H3;2*1-4H2;2*1H;/q2*-1;;;;;+4/p-2. The molecule has 0 saturated carbocycles. The third-order valence-electron chi connectivity index (χ3n) is 6.39. The molecule has 4 nitrogen and oxygen atoms in total. The molecule has 2 aromatic carbocycles. The molecule has 2 aromatic rings. The molecule has 0 spiro atoms. The van der Waals surface area contributed by atoms with E-state index in [-0.39, 0.29) is 50.7 Å². The smallest absolute Gasteiger partial charge is 1.00 e. The number of unbranched alkanes of at least 4 members (excludes halogenated alkanes) is 2. The van der Waals surface area contributed by atoms with Crippen LogP contribution in [0.15, 0.2) is 36.4 Å². The van der Waals surface area contributed by atoms with Crippen LogP contribution in [0.25, 0.3) is 10.6 Å². The minimum Gasteiger partial charge on any atom is -1.00 e. The van der Waals surface area contributed by atoms with Crippen molar-refractivity contribution >= 4 is 11.4 Å². The van der Waals surface area contributed by atoms with Crippen molar-refractivity contribution in [1.82, 2.24) is 0 Å². The van der Waals surface area contributed by atoms with E-state index in [2.05, 4.69) is 88.6 Å². The number of benzene rings is 2. The topological polar surface area (TPSA) is 46.7 Å². The van der Waals surface area contributed by atoms with Crippen molar-refractivity contribution in [1.29, 1.82) is 0 Å². The van der Waals surface area contributed by atoms with E-state index in [0.717, 1.165) is 50.9 Å². The van der Waals surface area contributed by atoms with Crippen molar-refractivity contribution in [2.75, 3.05) is 39.5 Å². The first kappa shape index (κ1) is 42.9. The number of ether oxygens (including phenoxy) is 2. The van der Waals surface area contributed by atoms with Crippen LogP contribution in [0.2, 0.25) is 0 Å². The fourth-order valence-electron chi connectivity index (χ4n) is 3.55. The van der Waals surface area contributed by atoms with Crippen molar-refractivity contribution in [3.63, 3.8) is 0 Å². The molecule has 0 radical (unpaired) electrons. The van der Waals surface area contributed by atoms with Crippen molar-refractivity contribution in [2.24, 2.45) is 0 Å². The van der Waals surface area contributed by atoms with Crippen LogP contribution in [0.3, 0.4) is 0 Å². The molecule has 0 amide bonds. The molecule has 0 atom stereocenters. The SMILES string of the molecule is C1CCOC1.C1CCOC1.CCCC[N-]c1cccc(C)c1C.CCCC[N-]c1cccc(C)c1C.[Cl-].[Cl-].[Hf+4]. The molecule has 2 saturated heterocycles. The number of nitrogens with zero attached hydrogens (tertiary/aromatic N) is 2. The van der Waals surface area contributed by atoms with Gasteiger partial charge in [-0.3, -0.25) is 0 Å². The normalized spacial score (nSPS) is 12.9. The molecule has 0 bridgehead atoms. The Morgan fingerprint density at radius 2 is 0.923 bits per heavy atom. The maximum atomic E-state index is 4.94. The molecule has 2 aliphatic rings. The molecule has 2 aliphatic heterocycles. The third-order valence-corrected chi connectivity index (χ3v) is 6.39. The van der Waals surface area contributed by atoms with Crippen molar-refractivity contribution in [3.05, 3.63) is 69.3 Å². The molecule has 4 rings (SSSR count). The van der Waals surface area contributed by atoms with Gasteiger partial charge in [-0.2, -0.15) is 0 Å². The number of halogens is 2. The van der Waals surface area contributed by atoms with Gasteiger partial charge in [0.15, 0.2) is 0 Å². The number of aryl methyl sites for hydroxylation is 2. The van der Waals surface area contributed by atoms with E-state index < -0.39 is 0 Å². The van der Waals surface area contributed by atoms with E-state index in [1.165, 1.54) is 73.6 Å². The van der Waals surface area contributed by atoms with Crippen molar-refractivity contribution < 1.29 is 60.1 Å². The predicted molar refractivity (Wildman–Crippen MR) is 158 cm³/mol. The van der Waals surface area contributed by atoms with E-state index in [0.29, 0.717) is 0 Å². The predicted octanol–water partition coefficient (Wildman–Crippen LogP) is 3.82. The fourth-order valence-corrected chi connectivity index (χ4v) is 3.55. The second-order valence-electron chi connectivity index (χ2n) is 9.55. The number of hydrogen-bond donors (Lipinski definition) is 0. The molecule has 2 fully saturated rings. The largest absolute Gasteiger partial charge is 4.00 e. The summed E-state index contributed by atoms with van der Waals surface area (Å²) in [4.78, 5) is 0. The first-order valence-electron chi connectivity index (χ1n) is 14.1. The van der Waals surface area contributed by atoms with Crippen LogP contribution in [-0.4, -0.2) is 39.5 Å². The van der Waals surface area contributed by atoms with Gasteiger partial charge in [0.25, 0.3) is 0 Å². The van der Waals surface area contributed by atoms with Gasteiger partial charge in [0.1, 0.15) is 0 Å². The Kier molecular flexibility index (Phi) is 31.8.